The van der Waals surface area contributed by atoms with Gasteiger partial charge in [0.25, 0.3) is 0 Å². The van der Waals surface area contributed by atoms with Gasteiger partial charge in [-0.2, -0.15) is 18.2 Å². The summed E-state index contributed by atoms with van der Waals surface area (Å²) < 4.78 is 37.6. The fourth-order valence-electron chi connectivity index (χ4n) is 1.54. The molecule has 98 valence electrons. The molecule has 0 radical (unpaired) electrons. The minimum absolute atomic E-state index is 0.0587. The predicted molar refractivity (Wildman–Crippen MR) is 62.2 cm³/mol. The molecule has 3 aromatic rings. The monoisotopic (exact) mass is 286 g/mol. The minimum Gasteiger partial charge on any atom is -0.368 e. The Morgan fingerprint density at radius 2 is 2.00 bits per heavy atom. The zero-order valence-electron chi connectivity index (χ0n) is 9.06. The maximum absolute atomic E-state index is 12.5. The highest BCUT2D eigenvalue weighted by molar-refractivity contribution is 7.15. The number of hydrogen-bond acceptors (Lipinski definition) is 6. The number of alkyl halides is 3. The molecule has 3 rings (SSSR count). The van der Waals surface area contributed by atoms with Gasteiger partial charge in [0.2, 0.25) is 5.95 Å². The molecular formula is C9H5F3N6S. The molecule has 0 spiro atoms. The molecule has 0 saturated carbocycles. The Morgan fingerprint density at radius 3 is 2.68 bits per heavy atom. The second-order valence-corrected chi connectivity index (χ2v) is 4.59. The third-order valence-electron chi connectivity index (χ3n) is 2.28. The van der Waals surface area contributed by atoms with Gasteiger partial charge in [0.05, 0.1) is 11.2 Å². The van der Waals surface area contributed by atoms with Gasteiger partial charge in [-0.25, -0.2) is 15.0 Å². The fraction of sp³-hybridized carbons (Fsp3) is 0.111. The number of fused-ring (bicyclic) bond motifs is 1. The van der Waals surface area contributed by atoms with Crippen molar-refractivity contribution in [3.05, 3.63) is 17.5 Å². The standard InChI is InChI=1S/C9H5F3N6S/c10-9(11,12)7-14-1-3(19-7)4-5-6(16-2-15-5)18-8(13)17-4/h1-2H,(H3,13,15,16,17,18). The maximum atomic E-state index is 12.5. The number of thiazole rings is 1. The van der Waals surface area contributed by atoms with E-state index in [1.807, 2.05) is 0 Å². The fourth-order valence-corrected chi connectivity index (χ4v) is 2.32. The smallest absolute Gasteiger partial charge is 0.368 e. The van der Waals surface area contributed by atoms with Gasteiger partial charge >= 0.3 is 6.18 Å². The molecule has 0 aromatic carbocycles. The van der Waals surface area contributed by atoms with Crippen molar-refractivity contribution < 1.29 is 13.2 Å². The number of aromatic nitrogens is 5. The number of nitrogens with one attached hydrogen (secondary N) is 1. The summed E-state index contributed by atoms with van der Waals surface area (Å²) in [6.07, 6.45) is -2.00. The highest BCUT2D eigenvalue weighted by Gasteiger charge is 2.35. The zero-order chi connectivity index (χ0) is 13.6. The van der Waals surface area contributed by atoms with Gasteiger partial charge in [-0.3, -0.25) is 0 Å². The lowest BCUT2D eigenvalue weighted by Crippen LogP contribution is -2.02. The number of nitrogens with zero attached hydrogens (tertiary/aromatic N) is 4. The Bertz CT molecular complexity index is 746. The maximum Gasteiger partial charge on any atom is 0.443 e. The summed E-state index contributed by atoms with van der Waals surface area (Å²) in [5.41, 5.74) is 6.48. The van der Waals surface area contributed by atoms with Crippen LogP contribution in [0.1, 0.15) is 5.01 Å². The van der Waals surface area contributed by atoms with Crippen molar-refractivity contribution in [1.82, 2.24) is 24.9 Å². The predicted octanol–water partition coefficient (Wildman–Crippen LogP) is 2.08. The van der Waals surface area contributed by atoms with Crippen LogP contribution in [0.15, 0.2) is 12.5 Å². The summed E-state index contributed by atoms with van der Waals surface area (Å²) in [5.74, 6) is -0.0587. The molecule has 0 atom stereocenters. The first kappa shape index (κ1) is 11.8. The van der Waals surface area contributed by atoms with Crippen molar-refractivity contribution in [3.8, 4) is 10.6 Å². The van der Waals surface area contributed by atoms with E-state index >= 15 is 0 Å². The van der Waals surface area contributed by atoms with E-state index < -0.39 is 11.2 Å². The number of nitrogens with two attached hydrogens (primary N) is 1. The summed E-state index contributed by atoms with van der Waals surface area (Å²) in [7, 11) is 0. The van der Waals surface area contributed by atoms with Gasteiger partial charge < -0.3 is 10.7 Å². The molecule has 0 aliphatic carbocycles. The summed E-state index contributed by atoms with van der Waals surface area (Å²) in [5, 5.41) is -0.938. The largest absolute Gasteiger partial charge is 0.443 e. The van der Waals surface area contributed by atoms with Gasteiger partial charge in [-0.15, -0.1) is 11.3 Å². The van der Waals surface area contributed by atoms with Crippen LogP contribution in [0.2, 0.25) is 0 Å². The topological polar surface area (TPSA) is 93.4 Å². The summed E-state index contributed by atoms with van der Waals surface area (Å²) in [6, 6.07) is 0. The lowest BCUT2D eigenvalue weighted by Gasteiger charge is -2.00. The van der Waals surface area contributed by atoms with E-state index in [1.165, 1.54) is 6.33 Å². The van der Waals surface area contributed by atoms with Crippen LogP contribution < -0.4 is 5.73 Å². The molecule has 0 amide bonds. The van der Waals surface area contributed by atoms with E-state index in [2.05, 4.69) is 24.9 Å². The van der Waals surface area contributed by atoms with Gasteiger partial charge in [0.15, 0.2) is 10.7 Å². The van der Waals surface area contributed by atoms with Crippen molar-refractivity contribution in [2.75, 3.05) is 5.73 Å². The molecule has 3 heterocycles. The van der Waals surface area contributed by atoms with Crippen LogP contribution >= 0.6 is 11.3 Å². The lowest BCUT2D eigenvalue weighted by atomic mass is 10.3. The number of nitrogen functional groups attached to an aromatic ring is 1. The van der Waals surface area contributed by atoms with Crippen molar-refractivity contribution in [2.24, 2.45) is 0 Å². The lowest BCUT2D eigenvalue weighted by molar-refractivity contribution is -0.137. The molecular weight excluding hydrogens is 281 g/mol. The Morgan fingerprint density at radius 1 is 1.21 bits per heavy atom. The summed E-state index contributed by atoms with van der Waals surface area (Å²) in [4.78, 5) is 18.1. The van der Waals surface area contributed by atoms with Gasteiger partial charge in [-0.1, -0.05) is 0 Å². The SMILES string of the molecule is Nc1nc(-c2cnc(C(F)(F)F)s2)c2[nH]cnc2n1. The molecule has 6 nitrogen and oxygen atoms in total. The average Bonchev–Trinajstić information content (AvgIpc) is 2.94. The average molecular weight is 286 g/mol. The van der Waals surface area contributed by atoms with Crippen LogP contribution in [0.25, 0.3) is 21.7 Å². The Balaban J connectivity index is 2.19. The van der Waals surface area contributed by atoms with E-state index in [-0.39, 0.29) is 16.5 Å². The number of rotatable bonds is 1. The van der Waals surface area contributed by atoms with Crippen molar-refractivity contribution in [3.63, 3.8) is 0 Å². The first-order valence-electron chi connectivity index (χ1n) is 4.95. The molecule has 0 fully saturated rings. The quantitative estimate of drug-likeness (QED) is 0.714. The first-order valence-corrected chi connectivity index (χ1v) is 5.77. The van der Waals surface area contributed by atoms with Gasteiger partial charge in [0, 0.05) is 6.20 Å². The van der Waals surface area contributed by atoms with Crippen LogP contribution in [0.3, 0.4) is 0 Å². The molecule has 0 aliphatic heterocycles. The number of hydrogen-bond donors (Lipinski definition) is 2. The van der Waals surface area contributed by atoms with E-state index in [4.69, 9.17) is 5.73 Å². The number of H-pyrrole nitrogens is 1. The van der Waals surface area contributed by atoms with Crippen molar-refractivity contribution in [1.29, 1.82) is 0 Å². The molecule has 10 heteroatoms. The second kappa shape index (κ2) is 3.88. The molecule has 0 aliphatic rings. The molecule has 19 heavy (non-hydrogen) atoms. The zero-order valence-corrected chi connectivity index (χ0v) is 9.88. The number of anilines is 1. The van der Waals surface area contributed by atoms with Crippen molar-refractivity contribution >= 4 is 28.4 Å². The third kappa shape index (κ3) is 1.99. The minimum atomic E-state index is -4.48. The van der Waals surface area contributed by atoms with E-state index in [9.17, 15) is 13.2 Å². The summed E-state index contributed by atoms with van der Waals surface area (Å²) >= 11 is 0.490. The van der Waals surface area contributed by atoms with Crippen molar-refractivity contribution in [2.45, 2.75) is 6.18 Å². The number of aromatic amines is 1. The highest BCUT2D eigenvalue weighted by Crippen LogP contribution is 2.37. The Hall–Kier alpha value is -2.23. The van der Waals surface area contributed by atoms with E-state index in [0.717, 1.165) is 6.20 Å². The third-order valence-corrected chi connectivity index (χ3v) is 3.33. The van der Waals surface area contributed by atoms with Gasteiger partial charge in [-0.05, 0) is 0 Å². The van der Waals surface area contributed by atoms with Crippen LogP contribution in [-0.4, -0.2) is 24.9 Å². The molecule has 3 N–H and O–H groups in total. The van der Waals surface area contributed by atoms with Gasteiger partial charge in [0.1, 0.15) is 11.2 Å². The molecule has 3 aromatic heterocycles. The first-order chi connectivity index (χ1) is 8.95. The number of imidazole rings is 1. The van der Waals surface area contributed by atoms with Crippen LogP contribution in [-0.2, 0) is 6.18 Å². The second-order valence-electron chi connectivity index (χ2n) is 3.56. The molecule has 0 unspecified atom stereocenters. The van der Waals surface area contributed by atoms with Crippen LogP contribution in [0, 0.1) is 0 Å². The normalized spacial score (nSPS) is 12.2. The molecule has 0 bridgehead atoms. The van der Waals surface area contributed by atoms with E-state index in [1.54, 1.807) is 0 Å². The van der Waals surface area contributed by atoms with Crippen LogP contribution in [0.5, 0.6) is 0 Å². The molecule has 0 saturated heterocycles. The Labute approximate surface area is 107 Å². The highest BCUT2D eigenvalue weighted by atomic mass is 32.1. The Kier molecular flexibility index (Phi) is 2.42. The summed E-state index contributed by atoms with van der Waals surface area (Å²) in [6.45, 7) is 0. The van der Waals surface area contributed by atoms with E-state index in [0.29, 0.717) is 22.5 Å². The van der Waals surface area contributed by atoms with Crippen LogP contribution in [0.4, 0.5) is 19.1 Å². The number of halogens is 3.